The van der Waals surface area contributed by atoms with E-state index in [0.29, 0.717) is 0 Å². The Morgan fingerprint density at radius 2 is 1.14 bits per heavy atom. The van der Waals surface area contributed by atoms with Gasteiger partial charge in [0, 0.05) is 10.4 Å². The van der Waals surface area contributed by atoms with Crippen LogP contribution in [0.25, 0.3) is 55.3 Å². The van der Waals surface area contributed by atoms with Gasteiger partial charge in [-0.2, -0.15) is 0 Å². The molecule has 0 spiro atoms. The maximum absolute atomic E-state index is 6.56. The van der Waals surface area contributed by atoms with Gasteiger partial charge in [0.25, 0.3) is 0 Å². The molecular weight excluding hydrogens is 372 g/mol. The third-order valence-electron chi connectivity index (χ3n) is 5.88. The Morgan fingerprint density at radius 3 is 1.90 bits per heavy atom. The second-order valence-electron chi connectivity index (χ2n) is 7.50. The fourth-order valence-corrected chi connectivity index (χ4v) is 4.81. The first-order valence-electron chi connectivity index (χ1n) is 9.82. The van der Waals surface area contributed by atoms with Crippen LogP contribution < -0.4 is 0 Å². The van der Waals surface area contributed by atoms with Crippen molar-refractivity contribution in [3.8, 4) is 44.5 Å². The lowest BCUT2D eigenvalue weighted by Crippen LogP contribution is -1.88. The van der Waals surface area contributed by atoms with Crippen LogP contribution in [-0.4, -0.2) is 0 Å². The fraction of sp³-hybridized carbons (Fsp3) is 0. The summed E-state index contributed by atoms with van der Waals surface area (Å²) in [4.78, 5) is 0. The van der Waals surface area contributed by atoms with Crippen LogP contribution in [0.1, 0.15) is 0 Å². The molecule has 0 amide bonds. The molecule has 0 N–H and O–H groups in total. The molecule has 136 valence electrons. The lowest BCUT2D eigenvalue weighted by molar-refractivity contribution is 1.59. The van der Waals surface area contributed by atoms with E-state index in [9.17, 15) is 0 Å². The average Bonchev–Trinajstić information content (AvgIpc) is 3.12. The van der Waals surface area contributed by atoms with Crippen LogP contribution in [0.3, 0.4) is 0 Å². The molecule has 5 aromatic carbocycles. The Morgan fingerprint density at radius 1 is 0.448 bits per heavy atom. The van der Waals surface area contributed by atoms with Gasteiger partial charge in [0.1, 0.15) is 0 Å². The number of rotatable bonds is 2. The first kappa shape index (κ1) is 16.6. The van der Waals surface area contributed by atoms with Crippen LogP contribution in [0, 0.1) is 0 Å². The Labute approximate surface area is 175 Å². The van der Waals surface area contributed by atoms with E-state index in [-0.39, 0.29) is 0 Å². The summed E-state index contributed by atoms with van der Waals surface area (Å²) in [6.07, 6.45) is 0. The van der Waals surface area contributed by atoms with Crippen LogP contribution in [0.5, 0.6) is 0 Å². The predicted octanol–water partition coefficient (Wildman–Crippen LogP) is 8.47. The molecule has 0 atom stereocenters. The summed E-state index contributed by atoms with van der Waals surface area (Å²) in [5.41, 5.74) is 10.1. The highest BCUT2D eigenvalue weighted by atomic mass is 35.5. The van der Waals surface area contributed by atoms with Crippen LogP contribution in [-0.2, 0) is 0 Å². The molecule has 0 radical (unpaired) electrons. The molecule has 0 saturated carbocycles. The van der Waals surface area contributed by atoms with Gasteiger partial charge in [-0.05, 0) is 68.1 Å². The van der Waals surface area contributed by atoms with E-state index >= 15 is 0 Å². The highest BCUT2D eigenvalue weighted by molar-refractivity contribution is 6.37. The molecule has 1 aliphatic rings. The van der Waals surface area contributed by atoms with Gasteiger partial charge in [-0.1, -0.05) is 96.5 Å². The molecule has 0 unspecified atom stereocenters. The van der Waals surface area contributed by atoms with Crippen LogP contribution >= 0.6 is 11.6 Å². The van der Waals surface area contributed by atoms with Gasteiger partial charge in [0.15, 0.2) is 0 Å². The Bertz CT molecular complexity index is 1380. The van der Waals surface area contributed by atoms with Crippen LogP contribution in [0.15, 0.2) is 103 Å². The van der Waals surface area contributed by atoms with Crippen molar-refractivity contribution in [3.63, 3.8) is 0 Å². The number of benzene rings is 5. The number of hydrogen-bond donors (Lipinski definition) is 0. The minimum atomic E-state index is 0.808. The minimum absolute atomic E-state index is 0.808. The molecule has 0 saturated heterocycles. The number of halogens is 1. The molecule has 1 aliphatic carbocycles. The quantitative estimate of drug-likeness (QED) is 0.279. The average molecular weight is 389 g/mol. The molecule has 0 nitrogen and oxygen atoms in total. The first-order chi connectivity index (χ1) is 14.3. The van der Waals surface area contributed by atoms with Gasteiger partial charge >= 0.3 is 0 Å². The van der Waals surface area contributed by atoms with E-state index in [0.717, 1.165) is 10.4 Å². The summed E-state index contributed by atoms with van der Waals surface area (Å²) in [6, 6.07) is 36.6. The monoisotopic (exact) mass is 388 g/mol. The van der Waals surface area contributed by atoms with Gasteiger partial charge in [-0.15, -0.1) is 0 Å². The van der Waals surface area contributed by atoms with Crippen LogP contribution in [0.2, 0.25) is 5.02 Å². The van der Waals surface area contributed by atoms with Crippen molar-refractivity contribution >= 4 is 22.4 Å². The van der Waals surface area contributed by atoms with Crippen molar-refractivity contribution in [1.29, 1.82) is 0 Å². The van der Waals surface area contributed by atoms with E-state index in [1.54, 1.807) is 0 Å². The fourth-order valence-electron chi connectivity index (χ4n) is 4.59. The minimum Gasteiger partial charge on any atom is -0.0837 e. The molecule has 0 bridgehead atoms. The van der Waals surface area contributed by atoms with E-state index in [4.69, 9.17) is 11.6 Å². The SMILES string of the molecule is Clc1ccc2c3c(cccc13)-c1c(-c3ccccc3)cc(-c3ccccc3)cc1-2. The summed E-state index contributed by atoms with van der Waals surface area (Å²) in [5, 5.41) is 3.19. The second-order valence-corrected chi connectivity index (χ2v) is 7.91. The lowest BCUT2D eigenvalue weighted by atomic mass is 9.89. The molecule has 0 aliphatic heterocycles. The van der Waals surface area contributed by atoms with E-state index < -0.39 is 0 Å². The van der Waals surface area contributed by atoms with Gasteiger partial charge in [-0.3, -0.25) is 0 Å². The summed E-state index contributed by atoms with van der Waals surface area (Å²) in [6.45, 7) is 0. The summed E-state index contributed by atoms with van der Waals surface area (Å²) in [5.74, 6) is 0. The molecule has 29 heavy (non-hydrogen) atoms. The molecule has 0 aromatic heterocycles. The molecule has 0 heterocycles. The van der Waals surface area contributed by atoms with Crippen LogP contribution in [0.4, 0.5) is 0 Å². The highest BCUT2D eigenvalue weighted by Gasteiger charge is 2.26. The second kappa shape index (κ2) is 6.34. The molecule has 5 aromatic rings. The summed E-state index contributed by atoms with van der Waals surface area (Å²) < 4.78 is 0. The summed E-state index contributed by atoms with van der Waals surface area (Å²) in [7, 11) is 0. The topological polar surface area (TPSA) is 0 Å². The van der Waals surface area contributed by atoms with Crippen molar-refractivity contribution in [2.45, 2.75) is 0 Å². The maximum Gasteiger partial charge on any atom is 0.0485 e. The van der Waals surface area contributed by atoms with Crippen molar-refractivity contribution in [2.75, 3.05) is 0 Å². The van der Waals surface area contributed by atoms with Crippen molar-refractivity contribution in [3.05, 3.63) is 108 Å². The lowest BCUT2D eigenvalue weighted by Gasteiger charge is -2.14. The largest absolute Gasteiger partial charge is 0.0837 e. The van der Waals surface area contributed by atoms with Gasteiger partial charge in [0.05, 0.1) is 0 Å². The molecule has 6 rings (SSSR count). The number of fused-ring (bicyclic) bond motifs is 3. The van der Waals surface area contributed by atoms with E-state index in [1.807, 2.05) is 6.07 Å². The third kappa shape index (κ3) is 2.46. The van der Waals surface area contributed by atoms with Crippen molar-refractivity contribution in [2.24, 2.45) is 0 Å². The molecule has 1 heteroatoms. The Balaban J connectivity index is 1.75. The first-order valence-corrected chi connectivity index (χ1v) is 10.2. The zero-order valence-electron chi connectivity index (χ0n) is 15.7. The predicted molar refractivity (Wildman–Crippen MR) is 124 cm³/mol. The van der Waals surface area contributed by atoms with E-state index in [2.05, 4.69) is 97.1 Å². The maximum atomic E-state index is 6.56. The van der Waals surface area contributed by atoms with Gasteiger partial charge < -0.3 is 0 Å². The van der Waals surface area contributed by atoms with E-state index in [1.165, 1.54) is 49.9 Å². The molecule has 0 fully saturated rings. The number of hydrogen-bond acceptors (Lipinski definition) is 0. The highest BCUT2D eigenvalue weighted by Crippen LogP contribution is 2.53. The Kier molecular flexibility index (Phi) is 3.62. The van der Waals surface area contributed by atoms with Crippen molar-refractivity contribution in [1.82, 2.24) is 0 Å². The summed E-state index contributed by atoms with van der Waals surface area (Å²) >= 11 is 6.56. The zero-order chi connectivity index (χ0) is 19.4. The van der Waals surface area contributed by atoms with Gasteiger partial charge in [0.2, 0.25) is 0 Å². The Hall–Kier alpha value is -3.35. The smallest absolute Gasteiger partial charge is 0.0485 e. The van der Waals surface area contributed by atoms with Crippen molar-refractivity contribution < 1.29 is 0 Å². The third-order valence-corrected chi connectivity index (χ3v) is 6.21. The van der Waals surface area contributed by atoms with Gasteiger partial charge in [-0.25, -0.2) is 0 Å². The molecular formula is C28H17Cl. The standard InChI is InChI=1S/C28H17Cl/c29-26-15-14-21-25-17-20(18-8-3-1-4-9-18)16-24(19-10-5-2-6-11-19)28(25)23-13-7-12-22(26)27(21)23/h1-17H. The normalized spacial score (nSPS) is 11.6. The zero-order valence-corrected chi connectivity index (χ0v) is 16.4.